The predicted molar refractivity (Wildman–Crippen MR) is 92.8 cm³/mol. The molecule has 1 N–H and O–H groups in total. The van der Waals surface area contributed by atoms with E-state index in [1.54, 1.807) is 20.8 Å². The molecule has 2 amide bonds. The molecule has 0 saturated carbocycles. The number of amides is 2. The number of alkyl halides is 1. The summed E-state index contributed by atoms with van der Waals surface area (Å²) in [6.07, 6.45) is -2.05. The molecule has 5 nitrogen and oxygen atoms in total. The Labute approximate surface area is 153 Å². The van der Waals surface area contributed by atoms with E-state index in [0.717, 1.165) is 0 Å². The number of halogens is 3. The number of carbonyl (C=O) groups is 2. The second-order valence-electron chi connectivity index (χ2n) is 7.04. The number of benzene rings is 1. The van der Waals surface area contributed by atoms with Crippen molar-refractivity contribution in [3.8, 4) is 0 Å². The topological polar surface area (TPSA) is 58.6 Å². The minimum atomic E-state index is -1.42. The highest BCUT2D eigenvalue weighted by molar-refractivity contribution is 9.10. The zero-order valence-electron chi connectivity index (χ0n) is 14.5. The number of nitrogens with one attached hydrogen (secondary N) is 1. The van der Waals surface area contributed by atoms with Crippen LogP contribution in [0.3, 0.4) is 0 Å². The van der Waals surface area contributed by atoms with Crippen LogP contribution in [0, 0.1) is 12.7 Å². The van der Waals surface area contributed by atoms with Gasteiger partial charge in [-0.1, -0.05) is 15.9 Å². The van der Waals surface area contributed by atoms with Crippen LogP contribution in [0.4, 0.5) is 13.6 Å². The fourth-order valence-electron chi connectivity index (χ4n) is 2.50. The summed E-state index contributed by atoms with van der Waals surface area (Å²) >= 11 is 3.13. The Morgan fingerprint density at radius 1 is 1.32 bits per heavy atom. The molecule has 0 bridgehead atoms. The Bertz CT molecular complexity index is 691. The van der Waals surface area contributed by atoms with Crippen LogP contribution in [-0.4, -0.2) is 47.8 Å². The van der Waals surface area contributed by atoms with Gasteiger partial charge in [0.1, 0.15) is 17.6 Å². The minimum Gasteiger partial charge on any atom is -0.444 e. The lowest BCUT2D eigenvalue weighted by atomic mass is 10.1. The Balaban J connectivity index is 2.06. The summed E-state index contributed by atoms with van der Waals surface area (Å²) in [6, 6.07) is 1.85. The molecule has 1 fully saturated rings. The quantitative estimate of drug-likeness (QED) is 0.798. The first-order valence-corrected chi connectivity index (χ1v) is 8.65. The van der Waals surface area contributed by atoms with Crippen LogP contribution in [0.15, 0.2) is 16.6 Å². The van der Waals surface area contributed by atoms with E-state index >= 15 is 0 Å². The monoisotopic (exact) mass is 418 g/mol. The Morgan fingerprint density at radius 2 is 1.96 bits per heavy atom. The smallest absolute Gasteiger partial charge is 0.410 e. The molecule has 2 atom stereocenters. The van der Waals surface area contributed by atoms with Crippen molar-refractivity contribution in [3.63, 3.8) is 0 Å². The number of ether oxygens (including phenoxy) is 1. The van der Waals surface area contributed by atoms with E-state index in [1.165, 1.54) is 24.0 Å². The Kier molecular flexibility index (Phi) is 5.71. The molecule has 1 aromatic rings. The van der Waals surface area contributed by atoms with E-state index in [1.807, 2.05) is 0 Å². The van der Waals surface area contributed by atoms with Gasteiger partial charge in [0.05, 0.1) is 12.6 Å². The molecule has 0 aromatic heterocycles. The molecule has 0 radical (unpaired) electrons. The number of carbonyl (C=O) groups excluding carboxylic acids is 2. The second-order valence-corrected chi connectivity index (χ2v) is 7.96. The lowest BCUT2D eigenvalue weighted by Gasteiger charge is -2.24. The van der Waals surface area contributed by atoms with Crippen molar-refractivity contribution < 1.29 is 23.1 Å². The fraction of sp³-hybridized carbons (Fsp3) is 0.529. The summed E-state index contributed by atoms with van der Waals surface area (Å²) < 4.78 is 33.6. The summed E-state index contributed by atoms with van der Waals surface area (Å²) in [7, 11) is 0. The average molecular weight is 419 g/mol. The molecule has 1 unspecified atom stereocenters. The maximum absolute atomic E-state index is 14.2. The largest absolute Gasteiger partial charge is 0.444 e. The molecule has 138 valence electrons. The summed E-state index contributed by atoms with van der Waals surface area (Å²) in [5, 5.41) is 2.54. The first-order valence-electron chi connectivity index (χ1n) is 7.86. The third-order valence-electron chi connectivity index (χ3n) is 3.77. The molecule has 2 rings (SSSR count). The maximum atomic E-state index is 14.2. The van der Waals surface area contributed by atoms with Gasteiger partial charge in [-0.05, 0) is 45.4 Å². The molecule has 1 aliphatic rings. The zero-order chi connectivity index (χ0) is 18.9. The predicted octanol–water partition coefficient (Wildman–Crippen LogP) is 3.58. The summed E-state index contributed by atoms with van der Waals surface area (Å²) in [5.41, 5.74) is -0.386. The standard InChI is InChI=1S/C17H21BrF2N2O3/c1-9-11(5-10(18)6-12(9)19)15(23)21-14-8-22(7-13(14)20)16(24)25-17(2,3)4/h5-6,13-14H,7-8H2,1-4H3,(H,21,23)/t13?,14-/m0/s1. The molecular formula is C17H21BrF2N2O3. The highest BCUT2D eigenvalue weighted by Gasteiger charge is 2.38. The van der Waals surface area contributed by atoms with Gasteiger partial charge in [-0.3, -0.25) is 4.79 Å². The van der Waals surface area contributed by atoms with Gasteiger partial charge in [-0.25, -0.2) is 13.6 Å². The van der Waals surface area contributed by atoms with Gasteiger partial charge in [0, 0.05) is 16.6 Å². The van der Waals surface area contributed by atoms with Crippen LogP contribution < -0.4 is 5.32 Å². The summed E-state index contributed by atoms with van der Waals surface area (Å²) in [6.45, 7) is 6.47. The van der Waals surface area contributed by atoms with Crippen molar-refractivity contribution in [1.29, 1.82) is 0 Å². The van der Waals surface area contributed by atoms with Crippen molar-refractivity contribution in [2.75, 3.05) is 13.1 Å². The fourth-order valence-corrected chi connectivity index (χ4v) is 2.93. The SMILES string of the molecule is Cc1c(F)cc(Br)cc1C(=O)N[C@H]1CN(C(=O)OC(C)(C)C)CC1F. The van der Waals surface area contributed by atoms with Crippen molar-refractivity contribution >= 4 is 27.9 Å². The zero-order valence-corrected chi connectivity index (χ0v) is 16.1. The third-order valence-corrected chi connectivity index (χ3v) is 4.23. The van der Waals surface area contributed by atoms with Gasteiger partial charge >= 0.3 is 6.09 Å². The lowest BCUT2D eigenvalue weighted by Crippen LogP contribution is -2.42. The van der Waals surface area contributed by atoms with Gasteiger partial charge < -0.3 is 15.0 Å². The van der Waals surface area contributed by atoms with E-state index in [-0.39, 0.29) is 24.2 Å². The average Bonchev–Trinajstić information content (AvgIpc) is 2.82. The lowest BCUT2D eigenvalue weighted by molar-refractivity contribution is 0.0281. The van der Waals surface area contributed by atoms with E-state index < -0.39 is 35.6 Å². The molecule has 0 aliphatic carbocycles. The molecule has 25 heavy (non-hydrogen) atoms. The van der Waals surface area contributed by atoms with Crippen LogP contribution in [0.25, 0.3) is 0 Å². The van der Waals surface area contributed by atoms with Gasteiger partial charge in [-0.2, -0.15) is 0 Å². The normalized spacial score (nSPS) is 20.5. The molecular weight excluding hydrogens is 398 g/mol. The van der Waals surface area contributed by atoms with Gasteiger partial charge in [0.2, 0.25) is 0 Å². The van der Waals surface area contributed by atoms with E-state index in [9.17, 15) is 18.4 Å². The molecule has 1 heterocycles. The summed E-state index contributed by atoms with van der Waals surface area (Å²) in [4.78, 5) is 25.6. The Hall–Kier alpha value is -1.70. The first kappa shape index (κ1) is 19.6. The molecule has 0 spiro atoms. The molecule has 1 saturated heterocycles. The van der Waals surface area contributed by atoms with Crippen LogP contribution in [-0.2, 0) is 4.74 Å². The second kappa shape index (κ2) is 7.27. The molecule has 8 heteroatoms. The van der Waals surface area contributed by atoms with Crippen molar-refractivity contribution in [2.45, 2.75) is 45.5 Å². The van der Waals surface area contributed by atoms with E-state index in [2.05, 4.69) is 21.2 Å². The number of rotatable bonds is 2. The van der Waals surface area contributed by atoms with Crippen molar-refractivity contribution in [3.05, 3.63) is 33.5 Å². The molecule has 1 aliphatic heterocycles. The van der Waals surface area contributed by atoms with Crippen molar-refractivity contribution in [2.24, 2.45) is 0 Å². The van der Waals surface area contributed by atoms with Crippen LogP contribution in [0.2, 0.25) is 0 Å². The van der Waals surface area contributed by atoms with Crippen molar-refractivity contribution in [1.82, 2.24) is 10.2 Å². The first-order chi connectivity index (χ1) is 11.5. The van der Waals surface area contributed by atoms with E-state index in [4.69, 9.17) is 4.74 Å². The Morgan fingerprint density at radius 3 is 2.56 bits per heavy atom. The highest BCUT2D eigenvalue weighted by Crippen LogP contribution is 2.22. The number of hydrogen-bond acceptors (Lipinski definition) is 3. The van der Waals surface area contributed by atoms with Crippen LogP contribution in [0.5, 0.6) is 0 Å². The summed E-state index contributed by atoms with van der Waals surface area (Å²) in [5.74, 6) is -1.12. The van der Waals surface area contributed by atoms with E-state index in [0.29, 0.717) is 4.47 Å². The highest BCUT2D eigenvalue weighted by atomic mass is 79.9. The van der Waals surface area contributed by atoms with Gasteiger partial charge in [0.15, 0.2) is 0 Å². The van der Waals surface area contributed by atoms with Crippen LogP contribution in [0.1, 0.15) is 36.7 Å². The minimum absolute atomic E-state index is 0.00263. The molecule has 1 aromatic carbocycles. The number of hydrogen-bond donors (Lipinski definition) is 1. The van der Waals surface area contributed by atoms with Crippen LogP contribution >= 0.6 is 15.9 Å². The van der Waals surface area contributed by atoms with Gasteiger partial charge in [0.25, 0.3) is 5.91 Å². The number of likely N-dealkylation sites (tertiary alicyclic amines) is 1. The third kappa shape index (κ3) is 4.90. The number of nitrogens with zero attached hydrogens (tertiary/aromatic N) is 1. The maximum Gasteiger partial charge on any atom is 0.410 e. The van der Waals surface area contributed by atoms with Gasteiger partial charge in [-0.15, -0.1) is 0 Å².